The van der Waals surface area contributed by atoms with E-state index in [1.54, 1.807) is 40.4 Å². The summed E-state index contributed by atoms with van der Waals surface area (Å²) >= 11 is 7.81. The maximum Gasteiger partial charge on any atom is 0.256 e. The van der Waals surface area contributed by atoms with E-state index in [-0.39, 0.29) is 5.91 Å². The van der Waals surface area contributed by atoms with Crippen LogP contribution in [0.25, 0.3) is 21.6 Å². The minimum absolute atomic E-state index is 0.310. The Bertz CT molecular complexity index is 1220. The fourth-order valence-corrected chi connectivity index (χ4v) is 4.09. The van der Waals surface area contributed by atoms with E-state index in [0.717, 1.165) is 10.6 Å². The van der Waals surface area contributed by atoms with Crippen molar-refractivity contribution in [2.75, 3.05) is 19.5 Å². The van der Waals surface area contributed by atoms with Gasteiger partial charge in [-0.2, -0.15) is 5.10 Å². The molecule has 0 spiro atoms. The lowest BCUT2D eigenvalue weighted by Gasteiger charge is -2.14. The zero-order chi connectivity index (χ0) is 21.3. The number of thiophene rings is 1. The summed E-state index contributed by atoms with van der Waals surface area (Å²) in [5.41, 5.74) is 2.29. The Morgan fingerprint density at radius 1 is 1.23 bits per heavy atom. The molecule has 3 heterocycles. The summed E-state index contributed by atoms with van der Waals surface area (Å²) in [7, 11) is 3.03. The van der Waals surface area contributed by atoms with Crippen molar-refractivity contribution in [3.05, 3.63) is 52.5 Å². The number of methoxy groups -OCH3 is 2. The van der Waals surface area contributed by atoms with E-state index < -0.39 is 0 Å². The summed E-state index contributed by atoms with van der Waals surface area (Å²) in [5, 5.41) is 10.3. The lowest BCUT2D eigenvalue weighted by atomic mass is 10.1. The Labute approximate surface area is 182 Å². The molecule has 30 heavy (non-hydrogen) atoms. The normalized spacial score (nSPS) is 10.9. The van der Waals surface area contributed by atoms with Crippen molar-refractivity contribution in [3.8, 4) is 22.1 Å². The fraction of sp³-hybridized carbons (Fsp3) is 0.190. The topological polar surface area (TPSA) is 78.3 Å². The number of aryl methyl sites for hydroxylation is 1. The van der Waals surface area contributed by atoms with Gasteiger partial charge in [-0.1, -0.05) is 17.7 Å². The fourth-order valence-electron chi connectivity index (χ4n) is 3.16. The van der Waals surface area contributed by atoms with Crippen LogP contribution in [-0.2, 0) is 6.54 Å². The maximum atomic E-state index is 13.3. The third kappa shape index (κ3) is 3.59. The number of carbonyl (C=O) groups is 1. The molecule has 0 bridgehead atoms. The number of nitrogens with zero attached hydrogens (tertiary/aromatic N) is 3. The van der Waals surface area contributed by atoms with E-state index in [0.29, 0.717) is 45.4 Å². The molecule has 0 saturated heterocycles. The highest BCUT2D eigenvalue weighted by Gasteiger charge is 2.20. The van der Waals surface area contributed by atoms with Gasteiger partial charge in [0.25, 0.3) is 5.91 Å². The number of aromatic nitrogens is 3. The largest absolute Gasteiger partial charge is 0.495 e. The summed E-state index contributed by atoms with van der Waals surface area (Å²) in [6.45, 7) is 2.63. The number of rotatable bonds is 6. The lowest BCUT2D eigenvalue weighted by Crippen LogP contribution is -2.14. The third-order valence-electron chi connectivity index (χ3n) is 4.65. The molecule has 4 aromatic rings. The molecule has 154 valence electrons. The maximum absolute atomic E-state index is 13.3. The third-order valence-corrected chi connectivity index (χ3v) is 5.84. The van der Waals surface area contributed by atoms with Crippen LogP contribution in [0.2, 0.25) is 5.02 Å². The number of amides is 1. The summed E-state index contributed by atoms with van der Waals surface area (Å²) in [6.07, 6.45) is 1.66. The summed E-state index contributed by atoms with van der Waals surface area (Å²) in [4.78, 5) is 19.0. The molecular formula is C21H19ClN4O3S. The second-order valence-corrected chi connectivity index (χ2v) is 7.73. The first-order valence-electron chi connectivity index (χ1n) is 9.19. The minimum Gasteiger partial charge on any atom is -0.495 e. The molecule has 7 nitrogen and oxygen atoms in total. The van der Waals surface area contributed by atoms with Crippen molar-refractivity contribution in [1.82, 2.24) is 14.8 Å². The number of anilines is 1. The van der Waals surface area contributed by atoms with E-state index in [9.17, 15) is 4.79 Å². The Kier molecular flexibility index (Phi) is 5.61. The number of hydrogen-bond donors (Lipinski definition) is 1. The molecule has 9 heteroatoms. The molecule has 0 aliphatic carbocycles. The van der Waals surface area contributed by atoms with E-state index in [1.807, 2.05) is 24.4 Å². The van der Waals surface area contributed by atoms with Gasteiger partial charge in [-0.15, -0.1) is 11.3 Å². The average molecular weight is 443 g/mol. The van der Waals surface area contributed by atoms with Gasteiger partial charge in [-0.05, 0) is 30.5 Å². The minimum atomic E-state index is -0.310. The Morgan fingerprint density at radius 2 is 2.03 bits per heavy atom. The summed E-state index contributed by atoms with van der Waals surface area (Å²) in [5.74, 6) is 0.593. The van der Waals surface area contributed by atoms with Crippen LogP contribution in [0.5, 0.6) is 11.5 Å². The summed E-state index contributed by atoms with van der Waals surface area (Å²) < 4.78 is 12.4. The summed E-state index contributed by atoms with van der Waals surface area (Å²) in [6, 6.07) is 8.94. The van der Waals surface area contributed by atoms with Crippen molar-refractivity contribution in [2.24, 2.45) is 0 Å². The molecule has 0 saturated carbocycles. The first-order valence-corrected chi connectivity index (χ1v) is 10.4. The van der Waals surface area contributed by atoms with Gasteiger partial charge >= 0.3 is 0 Å². The molecule has 0 radical (unpaired) electrons. The van der Waals surface area contributed by atoms with Crippen molar-refractivity contribution < 1.29 is 14.3 Å². The zero-order valence-corrected chi connectivity index (χ0v) is 18.2. The molecule has 0 fully saturated rings. The lowest BCUT2D eigenvalue weighted by molar-refractivity contribution is 0.102. The molecular weight excluding hydrogens is 424 g/mol. The predicted octanol–water partition coefficient (Wildman–Crippen LogP) is 5.10. The number of hydrogen-bond acceptors (Lipinski definition) is 6. The van der Waals surface area contributed by atoms with Crippen molar-refractivity contribution in [2.45, 2.75) is 13.5 Å². The average Bonchev–Trinajstić information content (AvgIpc) is 3.43. The van der Waals surface area contributed by atoms with Crippen molar-refractivity contribution >= 4 is 45.6 Å². The van der Waals surface area contributed by atoms with Crippen molar-refractivity contribution in [3.63, 3.8) is 0 Å². The number of ether oxygens (including phenoxy) is 2. The molecule has 3 aromatic heterocycles. The van der Waals surface area contributed by atoms with Gasteiger partial charge in [0.05, 0.1) is 52.6 Å². The number of pyridine rings is 1. The second-order valence-electron chi connectivity index (χ2n) is 6.37. The molecule has 0 unspecified atom stereocenters. The van der Waals surface area contributed by atoms with Gasteiger partial charge in [0.15, 0.2) is 5.65 Å². The molecule has 1 N–H and O–H groups in total. The molecule has 4 rings (SSSR count). The first kappa shape index (κ1) is 20.2. The van der Waals surface area contributed by atoms with E-state index >= 15 is 0 Å². The molecule has 1 aromatic carbocycles. The number of benzene rings is 1. The van der Waals surface area contributed by atoms with Gasteiger partial charge in [-0.25, -0.2) is 9.67 Å². The highest BCUT2D eigenvalue weighted by Crippen LogP contribution is 2.36. The number of fused-ring (bicyclic) bond motifs is 1. The van der Waals surface area contributed by atoms with Gasteiger partial charge in [0, 0.05) is 12.6 Å². The van der Waals surface area contributed by atoms with Crippen LogP contribution >= 0.6 is 22.9 Å². The predicted molar refractivity (Wildman–Crippen MR) is 119 cm³/mol. The Balaban J connectivity index is 1.80. The molecule has 0 aliphatic heterocycles. The second kappa shape index (κ2) is 8.33. The van der Waals surface area contributed by atoms with Crippen LogP contribution in [0.1, 0.15) is 17.3 Å². The first-order chi connectivity index (χ1) is 14.5. The quantitative estimate of drug-likeness (QED) is 0.449. The zero-order valence-electron chi connectivity index (χ0n) is 16.6. The smallest absolute Gasteiger partial charge is 0.256 e. The number of nitrogens with one attached hydrogen (secondary N) is 1. The van der Waals surface area contributed by atoms with Crippen LogP contribution in [0.3, 0.4) is 0 Å². The van der Waals surface area contributed by atoms with Gasteiger partial charge in [0.2, 0.25) is 0 Å². The highest BCUT2D eigenvalue weighted by atomic mass is 35.5. The Morgan fingerprint density at radius 3 is 2.70 bits per heavy atom. The van der Waals surface area contributed by atoms with Crippen LogP contribution in [0, 0.1) is 0 Å². The Hall–Kier alpha value is -3.10. The van der Waals surface area contributed by atoms with Gasteiger partial charge in [0.1, 0.15) is 11.5 Å². The van der Waals surface area contributed by atoms with E-state index in [2.05, 4.69) is 10.4 Å². The molecule has 1 amide bonds. The van der Waals surface area contributed by atoms with Crippen molar-refractivity contribution in [1.29, 1.82) is 0 Å². The van der Waals surface area contributed by atoms with Crippen LogP contribution in [0.15, 0.2) is 41.9 Å². The monoisotopic (exact) mass is 442 g/mol. The number of halogens is 1. The van der Waals surface area contributed by atoms with E-state index in [4.69, 9.17) is 26.1 Å². The molecule has 0 aliphatic rings. The highest BCUT2D eigenvalue weighted by molar-refractivity contribution is 7.13. The van der Waals surface area contributed by atoms with Crippen LogP contribution in [-0.4, -0.2) is 34.9 Å². The SMILES string of the molecule is CCn1ncc2c(C(=O)Nc3cc(Cl)c(OC)cc3OC)cc(-c3cccs3)nc21. The van der Waals surface area contributed by atoms with Crippen LogP contribution in [0.4, 0.5) is 5.69 Å². The van der Waals surface area contributed by atoms with Gasteiger partial charge < -0.3 is 14.8 Å². The standard InChI is InChI=1S/C21H19ClN4O3S/c1-4-26-20-13(11-23-26)12(8-16(24-20)19-6-5-7-30-19)21(27)25-15-9-14(22)17(28-2)10-18(15)29-3/h5-11H,4H2,1-3H3,(H,25,27). The van der Waals surface area contributed by atoms with Crippen LogP contribution < -0.4 is 14.8 Å². The number of carbonyl (C=O) groups excluding carboxylic acids is 1. The van der Waals surface area contributed by atoms with Gasteiger partial charge in [-0.3, -0.25) is 4.79 Å². The molecule has 0 atom stereocenters. The van der Waals surface area contributed by atoms with E-state index in [1.165, 1.54) is 14.2 Å².